The van der Waals surface area contributed by atoms with Crippen LogP contribution < -0.4 is 10.1 Å². The van der Waals surface area contributed by atoms with Crippen LogP contribution in [0.4, 0.5) is 5.69 Å². The van der Waals surface area contributed by atoms with Crippen LogP contribution in [0, 0.1) is 0 Å². The zero-order valence-electron chi connectivity index (χ0n) is 13.0. The smallest absolute Gasteiger partial charge is 0.257 e. The first-order chi connectivity index (χ1) is 12.3. The molecule has 1 amide bonds. The Bertz CT molecular complexity index is 1010. The van der Waals surface area contributed by atoms with E-state index in [2.05, 4.69) is 25.3 Å². The average molecular weight is 331 g/mol. The van der Waals surface area contributed by atoms with Crippen molar-refractivity contribution < 1.29 is 9.53 Å². The molecule has 3 aromatic heterocycles. The van der Waals surface area contributed by atoms with Crippen molar-refractivity contribution in [3.05, 3.63) is 73.1 Å². The van der Waals surface area contributed by atoms with E-state index < -0.39 is 0 Å². The lowest BCUT2D eigenvalue weighted by molar-refractivity contribution is 0.102. The Hall–Kier alpha value is -3.74. The highest BCUT2D eigenvalue weighted by Gasteiger charge is 2.12. The van der Waals surface area contributed by atoms with Gasteiger partial charge in [0.15, 0.2) is 5.75 Å². The van der Waals surface area contributed by atoms with Gasteiger partial charge in [-0.15, -0.1) is 0 Å². The second-order valence-corrected chi connectivity index (χ2v) is 5.26. The Morgan fingerprint density at radius 3 is 2.68 bits per heavy atom. The van der Waals surface area contributed by atoms with Crippen LogP contribution in [0.15, 0.2) is 67.5 Å². The number of hydrogen-bond acceptors (Lipinski definition) is 5. The molecular formula is C18H13N5O2. The molecule has 0 fully saturated rings. The molecule has 0 unspecified atom stereocenters. The van der Waals surface area contributed by atoms with Crippen molar-refractivity contribution in [3.8, 4) is 11.6 Å². The first-order valence-corrected chi connectivity index (χ1v) is 7.56. The maximum Gasteiger partial charge on any atom is 0.257 e. The molecule has 0 saturated carbocycles. The molecule has 2 N–H and O–H groups in total. The van der Waals surface area contributed by atoms with Gasteiger partial charge in [-0.25, -0.2) is 15.0 Å². The van der Waals surface area contributed by atoms with Crippen molar-refractivity contribution in [2.24, 2.45) is 0 Å². The number of carbonyl (C=O) groups excluding carboxylic acids is 1. The Balaban J connectivity index is 1.48. The van der Waals surface area contributed by atoms with Crippen molar-refractivity contribution in [1.29, 1.82) is 0 Å². The molecule has 0 aliphatic carbocycles. The first kappa shape index (κ1) is 14.8. The lowest BCUT2D eigenvalue weighted by atomic mass is 10.1. The predicted octanol–water partition coefficient (Wildman–Crippen LogP) is 3.40. The number of pyridine rings is 1. The number of aromatic amines is 1. The van der Waals surface area contributed by atoms with E-state index in [-0.39, 0.29) is 5.91 Å². The van der Waals surface area contributed by atoms with E-state index in [1.165, 1.54) is 12.5 Å². The molecule has 25 heavy (non-hydrogen) atoms. The van der Waals surface area contributed by atoms with Gasteiger partial charge >= 0.3 is 0 Å². The van der Waals surface area contributed by atoms with Crippen molar-refractivity contribution in [3.63, 3.8) is 0 Å². The number of para-hydroxylation sites is 1. The summed E-state index contributed by atoms with van der Waals surface area (Å²) in [6, 6.07) is 11.0. The largest absolute Gasteiger partial charge is 0.436 e. The minimum absolute atomic E-state index is 0.204. The summed E-state index contributed by atoms with van der Waals surface area (Å²) in [5, 5.41) is 3.70. The van der Waals surface area contributed by atoms with Gasteiger partial charge in [-0.1, -0.05) is 18.2 Å². The number of nitrogens with one attached hydrogen (secondary N) is 2. The molecule has 0 saturated heterocycles. The van der Waals surface area contributed by atoms with E-state index in [4.69, 9.17) is 4.74 Å². The van der Waals surface area contributed by atoms with Crippen LogP contribution in [-0.4, -0.2) is 25.8 Å². The third-order valence-corrected chi connectivity index (χ3v) is 3.59. The fraction of sp³-hybridized carbons (Fsp3) is 0. The Labute approximate surface area is 142 Å². The van der Waals surface area contributed by atoms with Crippen molar-refractivity contribution in [2.75, 3.05) is 5.32 Å². The quantitative estimate of drug-likeness (QED) is 0.598. The Morgan fingerprint density at radius 2 is 1.88 bits per heavy atom. The van der Waals surface area contributed by atoms with E-state index >= 15 is 0 Å². The normalized spacial score (nSPS) is 10.6. The van der Waals surface area contributed by atoms with E-state index in [9.17, 15) is 4.79 Å². The number of aromatic nitrogens is 4. The molecule has 0 spiro atoms. The lowest BCUT2D eigenvalue weighted by Crippen LogP contribution is -2.11. The fourth-order valence-electron chi connectivity index (χ4n) is 2.43. The van der Waals surface area contributed by atoms with Gasteiger partial charge in [-0.3, -0.25) is 4.79 Å². The number of hydrogen-bond donors (Lipinski definition) is 2. The standard InChI is InChI=1S/C18H13N5O2/c24-18(15-10-21-16-4-2-1-3-14(15)16)23-12-5-6-17(22-7-12)25-13-8-19-11-20-9-13/h1-11,21H,(H,23,24). The minimum atomic E-state index is -0.204. The number of amides is 1. The zero-order valence-corrected chi connectivity index (χ0v) is 13.0. The van der Waals surface area contributed by atoms with Gasteiger partial charge in [-0.2, -0.15) is 0 Å². The molecular weight excluding hydrogens is 318 g/mol. The molecule has 7 nitrogen and oxygen atoms in total. The molecule has 0 aliphatic rings. The van der Waals surface area contributed by atoms with Gasteiger partial charge in [0.1, 0.15) is 6.33 Å². The van der Waals surface area contributed by atoms with Gasteiger partial charge in [0.2, 0.25) is 5.88 Å². The molecule has 4 aromatic rings. The summed E-state index contributed by atoms with van der Waals surface area (Å²) in [5.41, 5.74) is 2.07. The second-order valence-electron chi connectivity index (χ2n) is 5.26. The summed E-state index contributed by atoms with van der Waals surface area (Å²) in [6.07, 6.45) is 7.73. The molecule has 4 rings (SSSR count). The Kier molecular flexibility index (Phi) is 3.80. The van der Waals surface area contributed by atoms with Crippen LogP contribution in [0.2, 0.25) is 0 Å². The maximum absolute atomic E-state index is 12.5. The van der Waals surface area contributed by atoms with Gasteiger partial charge in [0.25, 0.3) is 5.91 Å². The number of carbonyl (C=O) groups is 1. The van der Waals surface area contributed by atoms with Crippen molar-refractivity contribution in [2.45, 2.75) is 0 Å². The summed E-state index contributed by atoms with van der Waals surface area (Å²) in [5.74, 6) is 0.676. The van der Waals surface area contributed by atoms with Crippen LogP contribution in [0.1, 0.15) is 10.4 Å². The third-order valence-electron chi connectivity index (χ3n) is 3.59. The van der Waals surface area contributed by atoms with E-state index in [1.54, 1.807) is 30.7 Å². The Morgan fingerprint density at radius 1 is 1.04 bits per heavy atom. The number of benzene rings is 1. The number of anilines is 1. The van der Waals surface area contributed by atoms with E-state index in [1.807, 2.05) is 24.3 Å². The van der Waals surface area contributed by atoms with Crippen LogP contribution >= 0.6 is 0 Å². The number of nitrogens with zero attached hydrogens (tertiary/aromatic N) is 3. The van der Waals surface area contributed by atoms with Gasteiger partial charge in [-0.05, 0) is 12.1 Å². The predicted molar refractivity (Wildman–Crippen MR) is 92.6 cm³/mol. The molecule has 0 bridgehead atoms. The van der Waals surface area contributed by atoms with Crippen molar-refractivity contribution >= 4 is 22.5 Å². The van der Waals surface area contributed by atoms with Crippen LogP contribution in [-0.2, 0) is 0 Å². The highest BCUT2D eigenvalue weighted by atomic mass is 16.5. The summed E-state index contributed by atoms with van der Waals surface area (Å²) < 4.78 is 5.51. The monoisotopic (exact) mass is 331 g/mol. The molecule has 3 heterocycles. The number of fused-ring (bicyclic) bond motifs is 1. The first-order valence-electron chi connectivity index (χ1n) is 7.56. The van der Waals surface area contributed by atoms with E-state index in [0.717, 1.165) is 10.9 Å². The summed E-state index contributed by atoms with van der Waals surface area (Å²) in [6.45, 7) is 0. The molecule has 0 aliphatic heterocycles. The van der Waals surface area contributed by atoms with E-state index in [0.29, 0.717) is 22.9 Å². The maximum atomic E-state index is 12.5. The summed E-state index contributed by atoms with van der Waals surface area (Å²) in [4.78, 5) is 27.4. The summed E-state index contributed by atoms with van der Waals surface area (Å²) in [7, 11) is 0. The second kappa shape index (κ2) is 6.40. The average Bonchev–Trinajstić information content (AvgIpc) is 3.08. The molecule has 0 atom stereocenters. The van der Waals surface area contributed by atoms with Gasteiger partial charge in [0.05, 0.1) is 29.8 Å². The van der Waals surface area contributed by atoms with Gasteiger partial charge in [0, 0.05) is 23.2 Å². The summed E-state index contributed by atoms with van der Waals surface area (Å²) >= 11 is 0. The highest BCUT2D eigenvalue weighted by Crippen LogP contribution is 2.21. The van der Waals surface area contributed by atoms with Crippen LogP contribution in [0.25, 0.3) is 10.9 Å². The van der Waals surface area contributed by atoms with Crippen LogP contribution in [0.3, 0.4) is 0 Å². The number of rotatable bonds is 4. The molecule has 122 valence electrons. The fourth-order valence-corrected chi connectivity index (χ4v) is 2.43. The van der Waals surface area contributed by atoms with Crippen molar-refractivity contribution in [1.82, 2.24) is 19.9 Å². The van der Waals surface area contributed by atoms with Gasteiger partial charge < -0.3 is 15.0 Å². The number of ether oxygens (including phenoxy) is 1. The molecule has 1 aromatic carbocycles. The minimum Gasteiger partial charge on any atom is -0.436 e. The highest BCUT2D eigenvalue weighted by molar-refractivity contribution is 6.12. The topological polar surface area (TPSA) is 92.8 Å². The molecule has 7 heteroatoms. The third kappa shape index (κ3) is 3.16. The number of H-pyrrole nitrogens is 1. The zero-order chi connectivity index (χ0) is 17.1. The lowest BCUT2D eigenvalue weighted by Gasteiger charge is -2.06. The SMILES string of the molecule is O=C(Nc1ccc(Oc2cncnc2)nc1)c1c[nH]c2ccccc12. The molecule has 0 radical (unpaired) electrons. The van der Waals surface area contributed by atoms with Crippen LogP contribution in [0.5, 0.6) is 11.6 Å².